The van der Waals surface area contributed by atoms with E-state index in [1.54, 1.807) is 0 Å². The molecule has 1 aliphatic rings. The molecular formula is C15H22N2S. The van der Waals surface area contributed by atoms with Crippen molar-refractivity contribution in [3.05, 3.63) is 30.3 Å². The van der Waals surface area contributed by atoms with E-state index in [0.29, 0.717) is 6.04 Å². The van der Waals surface area contributed by atoms with Gasteiger partial charge >= 0.3 is 0 Å². The van der Waals surface area contributed by atoms with Crippen LogP contribution in [0.1, 0.15) is 32.6 Å². The van der Waals surface area contributed by atoms with Crippen molar-refractivity contribution in [2.75, 3.05) is 12.4 Å². The summed E-state index contributed by atoms with van der Waals surface area (Å²) in [6, 6.07) is 10.7. The molecule has 0 heterocycles. The minimum Gasteiger partial charge on any atom is -0.349 e. The molecule has 2 atom stereocenters. The molecule has 0 spiro atoms. The molecule has 1 aromatic rings. The van der Waals surface area contributed by atoms with Crippen LogP contribution in [0.2, 0.25) is 0 Å². The van der Waals surface area contributed by atoms with Crippen LogP contribution in [0.4, 0.5) is 5.69 Å². The van der Waals surface area contributed by atoms with E-state index >= 15 is 0 Å². The summed E-state index contributed by atoms with van der Waals surface area (Å²) in [5, 5.41) is 4.15. The first-order chi connectivity index (χ1) is 8.68. The van der Waals surface area contributed by atoms with Gasteiger partial charge in [0, 0.05) is 18.8 Å². The number of anilines is 1. The van der Waals surface area contributed by atoms with Gasteiger partial charge in [0.2, 0.25) is 0 Å². The summed E-state index contributed by atoms with van der Waals surface area (Å²) >= 11 is 5.51. The third-order valence-corrected chi connectivity index (χ3v) is 4.30. The second kappa shape index (κ2) is 6.19. The molecule has 2 rings (SSSR count). The molecule has 18 heavy (non-hydrogen) atoms. The number of rotatable bonds is 2. The zero-order chi connectivity index (χ0) is 13.0. The largest absolute Gasteiger partial charge is 0.349 e. The van der Waals surface area contributed by atoms with Crippen LogP contribution in [0.25, 0.3) is 0 Å². The predicted molar refractivity (Wildman–Crippen MR) is 81.8 cm³/mol. The van der Waals surface area contributed by atoms with Gasteiger partial charge in [0.1, 0.15) is 0 Å². The van der Waals surface area contributed by atoms with Crippen molar-refractivity contribution in [3.8, 4) is 0 Å². The molecule has 0 bridgehead atoms. The predicted octanol–water partition coefficient (Wildman–Crippen LogP) is 3.89. The van der Waals surface area contributed by atoms with Gasteiger partial charge in [-0.05, 0) is 43.1 Å². The van der Waals surface area contributed by atoms with Gasteiger partial charge in [0.15, 0.2) is 5.11 Å². The molecule has 0 aliphatic heterocycles. The van der Waals surface area contributed by atoms with Crippen molar-refractivity contribution in [2.24, 2.45) is 5.92 Å². The number of benzene rings is 1. The lowest BCUT2D eigenvalue weighted by molar-refractivity contribution is 0.207. The second-order valence-corrected chi connectivity index (χ2v) is 5.62. The second-order valence-electron chi connectivity index (χ2n) is 5.24. The van der Waals surface area contributed by atoms with E-state index in [9.17, 15) is 0 Å². The molecule has 0 amide bonds. The Labute approximate surface area is 115 Å². The number of hydrogen-bond donors (Lipinski definition) is 1. The number of para-hydroxylation sites is 1. The fourth-order valence-corrected chi connectivity index (χ4v) is 3.01. The molecule has 1 saturated carbocycles. The van der Waals surface area contributed by atoms with Crippen molar-refractivity contribution in [2.45, 2.75) is 38.6 Å². The molecule has 3 heteroatoms. The maximum Gasteiger partial charge on any atom is 0.173 e. The van der Waals surface area contributed by atoms with Gasteiger partial charge in [-0.2, -0.15) is 0 Å². The normalized spacial score (nSPS) is 23.4. The summed E-state index contributed by atoms with van der Waals surface area (Å²) in [4.78, 5) is 2.24. The van der Waals surface area contributed by atoms with Crippen LogP contribution in [0.15, 0.2) is 30.3 Å². The highest BCUT2D eigenvalue weighted by Gasteiger charge is 2.26. The highest BCUT2D eigenvalue weighted by atomic mass is 32.1. The smallest absolute Gasteiger partial charge is 0.173 e. The Bertz CT molecular complexity index is 391. The molecular weight excluding hydrogens is 240 g/mol. The van der Waals surface area contributed by atoms with E-state index in [-0.39, 0.29) is 0 Å². The van der Waals surface area contributed by atoms with Crippen LogP contribution in [-0.2, 0) is 0 Å². The quantitative estimate of drug-likeness (QED) is 0.814. The highest BCUT2D eigenvalue weighted by Crippen LogP contribution is 2.27. The van der Waals surface area contributed by atoms with E-state index in [1.807, 2.05) is 30.3 Å². The van der Waals surface area contributed by atoms with Gasteiger partial charge in [-0.3, -0.25) is 0 Å². The lowest BCUT2D eigenvalue weighted by atomic mass is 9.85. The van der Waals surface area contributed by atoms with Crippen LogP contribution in [0.3, 0.4) is 0 Å². The van der Waals surface area contributed by atoms with E-state index in [1.165, 1.54) is 25.7 Å². The maximum absolute atomic E-state index is 5.51. The summed E-state index contributed by atoms with van der Waals surface area (Å²) < 4.78 is 0. The molecule has 2 nitrogen and oxygen atoms in total. The van der Waals surface area contributed by atoms with Crippen LogP contribution in [0.5, 0.6) is 0 Å². The Balaban J connectivity index is 1.96. The lowest BCUT2D eigenvalue weighted by Gasteiger charge is -2.37. The fraction of sp³-hybridized carbons (Fsp3) is 0.533. The number of hydrogen-bond acceptors (Lipinski definition) is 1. The Kier molecular flexibility index (Phi) is 4.59. The molecule has 1 N–H and O–H groups in total. The Hall–Kier alpha value is -1.09. The third-order valence-electron chi connectivity index (χ3n) is 3.91. The molecule has 1 aliphatic carbocycles. The van der Waals surface area contributed by atoms with Gasteiger partial charge in [-0.1, -0.05) is 38.0 Å². The highest BCUT2D eigenvalue weighted by molar-refractivity contribution is 7.80. The maximum atomic E-state index is 5.51. The Morgan fingerprint density at radius 1 is 1.22 bits per heavy atom. The SMILES string of the molecule is CC1CCCCC1N(C)C(=S)Nc1ccccc1. The molecule has 1 fully saturated rings. The average Bonchev–Trinajstić information content (AvgIpc) is 2.39. The molecule has 0 saturated heterocycles. The summed E-state index contributed by atoms with van der Waals surface area (Å²) in [5.41, 5.74) is 1.07. The summed E-state index contributed by atoms with van der Waals surface area (Å²) in [7, 11) is 2.12. The monoisotopic (exact) mass is 262 g/mol. The first-order valence-electron chi connectivity index (χ1n) is 6.77. The van der Waals surface area contributed by atoms with Crippen molar-refractivity contribution in [1.29, 1.82) is 0 Å². The van der Waals surface area contributed by atoms with Gasteiger partial charge in [0.05, 0.1) is 0 Å². The van der Waals surface area contributed by atoms with E-state index in [2.05, 4.69) is 24.2 Å². The van der Waals surface area contributed by atoms with Gasteiger partial charge in [-0.25, -0.2) is 0 Å². The van der Waals surface area contributed by atoms with Gasteiger partial charge < -0.3 is 10.2 Å². The zero-order valence-electron chi connectivity index (χ0n) is 11.2. The third kappa shape index (κ3) is 3.22. The van der Waals surface area contributed by atoms with Crippen LogP contribution in [-0.4, -0.2) is 23.1 Å². The summed E-state index contributed by atoms with van der Waals surface area (Å²) in [5.74, 6) is 0.735. The van der Waals surface area contributed by atoms with E-state index < -0.39 is 0 Å². The van der Waals surface area contributed by atoms with Crippen molar-refractivity contribution in [1.82, 2.24) is 4.90 Å². The minimum atomic E-state index is 0.586. The fourth-order valence-electron chi connectivity index (χ4n) is 2.76. The summed E-state index contributed by atoms with van der Waals surface area (Å²) in [6.45, 7) is 2.34. The molecule has 2 unspecified atom stereocenters. The minimum absolute atomic E-state index is 0.586. The first-order valence-corrected chi connectivity index (χ1v) is 7.18. The standard InChI is InChI=1S/C15H22N2S/c1-12-8-6-7-11-14(12)17(2)15(18)16-13-9-4-3-5-10-13/h3-5,9-10,12,14H,6-8,11H2,1-2H3,(H,16,18). The Morgan fingerprint density at radius 3 is 2.56 bits per heavy atom. The van der Waals surface area contributed by atoms with Crippen molar-refractivity contribution < 1.29 is 0 Å². The molecule has 0 aromatic heterocycles. The van der Waals surface area contributed by atoms with E-state index in [0.717, 1.165) is 16.7 Å². The lowest BCUT2D eigenvalue weighted by Crippen LogP contribution is -2.44. The zero-order valence-corrected chi connectivity index (χ0v) is 12.0. The van der Waals surface area contributed by atoms with Crippen LogP contribution in [0, 0.1) is 5.92 Å². The topological polar surface area (TPSA) is 15.3 Å². The molecule has 1 aromatic carbocycles. The van der Waals surface area contributed by atoms with Crippen LogP contribution >= 0.6 is 12.2 Å². The van der Waals surface area contributed by atoms with Gasteiger partial charge in [0.25, 0.3) is 0 Å². The average molecular weight is 262 g/mol. The van der Waals surface area contributed by atoms with Crippen LogP contribution < -0.4 is 5.32 Å². The number of nitrogens with one attached hydrogen (secondary N) is 1. The molecule has 0 radical (unpaired) electrons. The number of thiocarbonyl (C=S) groups is 1. The van der Waals surface area contributed by atoms with Crippen molar-refractivity contribution >= 4 is 23.0 Å². The first kappa shape index (κ1) is 13.3. The Morgan fingerprint density at radius 2 is 1.89 bits per heavy atom. The van der Waals surface area contributed by atoms with Gasteiger partial charge in [-0.15, -0.1) is 0 Å². The van der Waals surface area contributed by atoms with E-state index in [4.69, 9.17) is 12.2 Å². The summed E-state index contributed by atoms with van der Waals surface area (Å²) in [6.07, 6.45) is 5.27. The number of nitrogens with zero attached hydrogens (tertiary/aromatic N) is 1. The van der Waals surface area contributed by atoms with Crippen molar-refractivity contribution in [3.63, 3.8) is 0 Å². The molecule has 98 valence electrons.